The molecule has 4 heteroatoms. The molecule has 0 fully saturated rings. The summed E-state index contributed by atoms with van der Waals surface area (Å²) in [6, 6.07) is 2.57. The number of thiophene rings is 1. The molecule has 1 amide bonds. The summed E-state index contributed by atoms with van der Waals surface area (Å²) in [5.41, 5.74) is 1.36. The molecule has 16 heavy (non-hydrogen) atoms. The molecule has 0 aliphatic carbocycles. The van der Waals surface area contributed by atoms with E-state index in [9.17, 15) is 4.79 Å². The molecule has 0 radical (unpaired) electrons. The Kier molecular flexibility index (Phi) is 6.11. The van der Waals surface area contributed by atoms with Crippen molar-refractivity contribution < 1.29 is 4.79 Å². The number of amides is 1. The maximum Gasteiger partial charge on any atom is 0.221 e. The monoisotopic (exact) mass is 240 g/mol. The topological polar surface area (TPSA) is 41.1 Å². The molecule has 1 aromatic rings. The van der Waals surface area contributed by atoms with Gasteiger partial charge in [0, 0.05) is 25.6 Å². The van der Waals surface area contributed by atoms with Crippen LogP contribution in [0.1, 0.15) is 25.8 Å². The standard InChI is InChI=1S/C12H20N2OS/c1-3-13-12(15)4-6-14-10(2)8-11-5-7-16-9-11/h5,7,9-10,14H,3-4,6,8H2,1-2H3,(H,13,15). The summed E-state index contributed by atoms with van der Waals surface area (Å²) in [5, 5.41) is 10.4. The van der Waals surface area contributed by atoms with E-state index in [4.69, 9.17) is 0 Å². The van der Waals surface area contributed by atoms with Gasteiger partial charge < -0.3 is 10.6 Å². The van der Waals surface area contributed by atoms with Gasteiger partial charge in [0.15, 0.2) is 0 Å². The molecule has 0 aromatic carbocycles. The van der Waals surface area contributed by atoms with E-state index < -0.39 is 0 Å². The third-order valence-corrected chi connectivity index (χ3v) is 3.07. The minimum atomic E-state index is 0.123. The highest BCUT2D eigenvalue weighted by atomic mass is 32.1. The van der Waals surface area contributed by atoms with Crippen LogP contribution in [0, 0.1) is 0 Å². The van der Waals surface area contributed by atoms with Gasteiger partial charge >= 0.3 is 0 Å². The summed E-state index contributed by atoms with van der Waals surface area (Å²) >= 11 is 1.73. The second kappa shape index (κ2) is 7.41. The fraction of sp³-hybridized carbons (Fsp3) is 0.583. The molecule has 0 saturated carbocycles. The Morgan fingerprint density at radius 3 is 3.00 bits per heavy atom. The van der Waals surface area contributed by atoms with Gasteiger partial charge in [-0.3, -0.25) is 4.79 Å². The maximum absolute atomic E-state index is 11.2. The van der Waals surface area contributed by atoms with Crippen LogP contribution < -0.4 is 10.6 Å². The van der Waals surface area contributed by atoms with Crippen LogP contribution in [0.3, 0.4) is 0 Å². The summed E-state index contributed by atoms with van der Waals surface area (Å²) in [5.74, 6) is 0.123. The normalized spacial score (nSPS) is 12.4. The van der Waals surface area contributed by atoms with Crippen LogP contribution in [0.5, 0.6) is 0 Å². The van der Waals surface area contributed by atoms with E-state index in [-0.39, 0.29) is 5.91 Å². The fourth-order valence-corrected chi connectivity index (χ4v) is 2.23. The Morgan fingerprint density at radius 2 is 2.38 bits per heavy atom. The van der Waals surface area contributed by atoms with Gasteiger partial charge in [-0.25, -0.2) is 0 Å². The Morgan fingerprint density at radius 1 is 1.56 bits per heavy atom. The van der Waals surface area contributed by atoms with Crippen molar-refractivity contribution in [1.82, 2.24) is 10.6 Å². The molecule has 3 nitrogen and oxygen atoms in total. The largest absolute Gasteiger partial charge is 0.356 e. The Hall–Kier alpha value is -0.870. The van der Waals surface area contributed by atoms with Gasteiger partial charge in [-0.1, -0.05) is 0 Å². The Bertz CT molecular complexity index is 298. The molecule has 0 bridgehead atoms. The summed E-state index contributed by atoms with van der Waals surface area (Å²) in [4.78, 5) is 11.2. The Balaban J connectivity index is 2.11. The van der Waals surface area contributed by atoms with Crippen LogP contribution in [0.25, 0.3) is 0 Å². The summed E-state index contributed by atoms with van der Waals surface area (Å²) in [6.45, 7) is 5.54. The molecule has 90 valence electrons. The second-order valence-electron chi connectivity index (χ2n) is 3.89. The van der Waals surface area contributed by atoms with Crippen LogP contribution in [0.4, 0.5) is 0 Å². The van der Waals surface area contributed by atoms with Gasteiger partial charge in [0.2, 0.25) is 5.91 Å². The Labute approximate surface area is 101 Å². The molecule has 0 spiro atoms. The van der Waals surface area contributed by atoms with E-state index in [0.717, 1.165) is 13.0 Å². The number of nitrogens with one attached hydrogen (secondary N) is 2. The number of carbonyl (C=O) groups excluding carboxylic acids is 1. The predicted octanol–water partition coefficient (Wildman–Crippen LogP) is 1.79. The van der Waals surface area contributed by atoms with Crippen LogP contribution >= 0.6 is 11.3 Å². The highest BCUT2D eigenvalue weighted by Gasteiger charge is 2.04. The van der Waals surface area contributed by atoms with E-state index in [2.05, 4.69) is 34.4 Å². The van der Waals surface area contributed by atoms with Crippen LogP contribution in [0.15, 0.2) is 16.8 Å². The fourth-order valence-electron chi connectivity index (χ4n) is 1.55. The summed E-state index contributed by atoms with van der Waals surface area (Å²) in [6.07, 6.45) is 1.58. The first-order valence-corrected chi connectivity index (χ1v) is 6.67. The van der Waals surface area contributed by atoms with Gasteiger partial charge in [0.05, 0.1) is 0 Å². The van der Waals surface area contributed by atoms with Crippen LogP contribution in [-0.2, 0) is 11.2 Å². The second-order valence-corrected chi connectivity index (χ2v) is 4.67. The van der Waals surface area contributed by atoms with Gasteiger partial charge in [0.25, 0.3) is 0 Å². The first kappa shape index (κ1) is 13.2. The first-order chi connectivity index (χ1) is 7.72. The van der Waals surface area contributed by atoms with E-state index in [0.29, 0.717) is 19.0 Å². The van der Waals surface area contributed by atoms with Crippen LogP contribution in [0.2, 0.25) is 0 Å². The van der Waals surface area contributed by atoms with E-state index >= 15 is 0 Å². The van der Waals surface area contributed by atoms with Crippen molar-refractivity contribution in [2.24, 2.45) is 0 Å². The van der Waals surface area contributed by atoms with Crippen molar-refractivity contribution in [3.63, 3.8) is 0 Å². The summed E-state index contributed by atoms with van der Waals surface area (Å²) < 4.78 is 0. The molecule has 0 aliphatic rings. The number of carbonyl (C=O) groups is 1. The lowest BCUT2D eigenvalue weighted by molar-refractivity contribution is -0.120. The molecule has 1 atom stereocenters. The SMILES string of the molecule is CCNC(=O)CCNC(C)Cc1ccsc1. The van der Waals surface area contributed by atoms with Gasteiger partial charge in [-0.2, -0.15) is 11.3 Å². The van der Waals surface area contributed by atoms with Crippen molar-refractivity contribution in [1.29, 1.82) is 0 Å². The summed E-state index contributed by atoms with van der Waals surface area (Å²) in [7, 11) is 0. The van der Waals surface area contributed by atoms with Crippen molar-refractivity contribution >= 4 is 17.2 Å². The van der Waals surface area contributed by atoms with E-state index in [1.54, 1.807) is 11.3 Å². The van der Waals surface area contributed by atoms with Crippen molar-refractivity contribution in [3.05, 3.63) is 22.4 Å². The molecule has 0 saturated heterocycles. The third-order valence-electron chi connectivity index (χ3n) is 2.34. The highest BCUT2D eigenvalue weighted by molar-refractivity contribution is 7.07. The maximum atomic E-state index is 11.2. The van der Waals surface area contributed by atoms with Gasteiger partial charge in [0.1, 0.15) is 0 Å². The molecule has 1 heterocycles. The zero-order valence-corrected chi connectivity index (χ0v) is 10.8. The zero-order chi connectivity index (χ0) is 11.8. The highest BCUT2D eigenvalue weighted by Crippen LogP contribution is 2.08. The molecule has 0 aliphatic heterocycles. The zero-order valence-electron chi connectivity index (χ0n) is 9.95. The molecular formula is C12H20N2OS. The average Bonchev–Trinajstić information content (AvgIpc) is 2.70. The lowest BCUT2D eigenvalue weighted by Gasteiger charge is -2.12. The van der Waals surface area contributed by atoms with Gasteiger partial charge in [-0.15, -0.1) is 0 Å². The van der Waals surface area contributed by atoms with Gasteiger partial charge in [-0.05, 0) is 42.7 Å². The lowest BCUT2D eigenvalue weighted by atomic mass is 10.1. The molecule has 2 N–H and O–H groups in total. The minimum absolute atomic E-state index is 0.123. The molecule has 1 aromatic heterocycles. The smallest absolute Gasteiger partial charge is 0.221 e. The molecule has 1 unspecified atom stereocenters. The van der Waals surface area contributed by atoms with Crippen LogP contribution in [-0.4, -0.2) is 25.0 Å². The quantitative estimate of drug-likeness (QED) is 0.763. The number of rotatable bonds is 7. The lowest BCUT2D eigenvalue weighted by Crippen LogP contribution is -2.32. The minimum Gasteiger partial charge on any atom is -0.356 e. The van der Waals surface area contributed by atoms with Crippen molar-refractivity contribution in [3.8, 4) is 0 Å². The average molecular weight is 240 g/mol. The molecule has 1 rings (SSSR count). The number of hydrogen-bond donors (Lipinski definition) is 2. The third kappa shape index (κ3) is 5.28. The van der Waals surface area contributed by atoms with E-state index in [1.165, 1.54) is 5.56 Å². The first-order valence-electron chi connectivity index (χ1n) is 5.73. The number of hydrogen-bond acceptors (Lipinski definition) is 3. The van der Waals surface area contributed by atoms with E-state index in [1.807, 2.05) is 6.92 Å². The van der Waals surface area contributed by atoms with Crippen molar-refractivity contribution in [2.75, 3.05) is 13.1 Å². The molecular weight excluding hydrogens is 220 g/mol. The predicted molar refractivity (Wildman–Crippen MR) is 68.8 cm³/mol. The van der Waals surface area contributed by atoms with Crippen molar-refractivity contribution in [2.45, 2.75) is 32.7 Å².